The highest BCUT2D eigenvalue weighted by Crippen LogP contribution is 2.35. The summed E-state index contributed by atoms with van der Waals surface area (Å²) in [6.07, 6.45) is 0. The molecule has 0 bridgehead atoms. The molecule has 0 radical (unpaired) electrons. The molecule has 0 saturated heterocycles. The lowest BCUT2D eigenvalue weighted by molar-refractivity contribution is 0.102. The van der Waals surface area contributed by atoms with E-state index in [4.69, 9.17) is 28.9 Å². The van der Waals surface area contributed by atoms with Crippen molar-refractivity contribution in [3.63, 3.8) is 0 Å². The van der Waals surface area contributed by atoms with Crippen molar-refractivity contribution in [2.75, 3.05) is 11.1 Å². The SMILES string of the molecule is Nc1c(Cl)cc(C(=O)Nc2c(Br)cc(Br)cc2Br)cc1Cl. The fraction of sp³-hybridized carbons (Fsp3) is 0. The molecule has 3 N–H and O–H groups in total. The minimum Gasteiger partial charge on any atom is -0.396 e. The molecule has 0 aliphatic heterocycles. The summed E-state index contributed by atoms with van der Waals surface area (Å²) in [6, 6.07) is 6.59. The molecule has 0 atom stereocenters. The summed E-state index contributed by atoms with van der Waals surface area (Å²) in [7, 11) is 0. The van der Waals surface area contributed by atoms with Crippen LogP contribution in [-0.2, 0) is 0 Å². The van der Waals surface area contributed by atoms with Crippen molar-refractivity contribution in [3.8, 4) is 0 Å². The minimum atomic E-state index is -0.345. The average molecular weight is 518 g/mol. The van der Waals surface area contributed by atoms with Crippen LogP contribution in [0.4, 0.5) is 11.4 Å². The van der Waals surface area contributed by atoms with E-state index in [1.807, 2.05) is 12.1 Å². The monoisotopic (exact) mass is 514 g/mol. The van der Waals surface area contributed by atoms with E-state index in [1.54, 1.807) is 0 Å². The summed E-state index contributed by atoms with van der Waals surface area (Å²) in [5.41, 5.74) is 6.83. The third-order valence-electron chi connectivity index (χ3n) is 2.59. The summed E-state index contributed by atoms with van der Waals surface area (Å²) >= 11 is 22.0. The molecule has 0 heterocycles. The zero-order valence-corrected chi connectivity index (χ0v) is 16.5. The Labute approximate surface area is 156 Å². The number of halogens is 5. The van der Waals surface area contributed by atoms with Crippen LogP contribution in [0.25, 0.3) is 0 Å². The van der Waals surface area contributed by atoms with Crippen molar-refractivity contribution in [2.24, 2.45) is 0 Å². The fourth-order valence-corrected chi connectivity index (χ4v) is 4.51. The number of rotatable bonds is 2. The first-order valence-electron chi connectivity index (χ1n) is 5.50. The second-order valence-electron chi connectivity index (χ2n) is 4.05. The molecule has 2 aromatic rings. The predicted molar refractivity (Wildman–Crippen MR) is 98.4 cm³/mol. The highest BCUT2D eigenvalue weighted by atomic mass is 79.9. The van der Waals surface area contributed by atoms with Crippen molar-refractivity contribution < 1.29 is 4.79 Å². The highest BCUT2D eigenvalue weighted by molar-refractivity contribution is 9.11. The van der Waals surface area contributed by atoms with Gasteiger partial charge in [-0.05, 0) is 56.1 Å². The van der Waals surface area contributed by atoms with E-state index >= 15 is 0 Å². The molecule has 3 nitrogen and oxygen atoms in total. The van der Waals surface area contributed by atoms with Gasteiger partial charge in [0.15, 0.2) is 0 Å². The zero-order valence-electron chi connectivity index (χ0n) is 10.2. The number of hydrogen-bond acceptors (Lipinski definition) is 2. The Morgan fingerprint density at radius 3 is 1.95 bits per heavy atom. The lowest BCUT2D eigenvalue weighted by atomic mass is 10.2. The van der Waals surface area contributed by atoms with Gasteiger partial charge in [-0.25, -0.2) is 0 Å². The molecule has 0 fully saturated rings. The van der Waals surface area contributed by atoms with Crippen LogP contribution in [0.5, 0.6) is 0 Å². The number of amides is 1. The molecular weight excluding hydrogens is 511 g/mol. The molecule has 0 aliphatic carbocycles. The van der Waals surface area contributed by atoms with Gasteiger partial charge in [0.05, 0.1) is 21.4 Å². The van der Waals surface area contributed by atoms with Crippen LogP contribution in [0, 0.1) is 0 Å². The van der Waals surface area contributed by atoms with Crippen LogP contribution >= 0.6 is 71.0 Å². The molecule has 2 aromatic carbocycles. The summed E-state index contributed by atoms with van der Waals surface area (Å²) in [5, 5.41) is 3.26. The summed E-state index contributed by atoms with van der Waals surface area (Å²) < 4.78 is 2.33. The normalized spacial score (nSPS) is 10.5. The Bertz CT molecular complexity index is 691. The maximum absolute atomic E-state index is 12.3. The van der Waals surface area contributed by atoms with Gasteiger partial charge in [-0.2, -0.15) is 0 Å². The van der Waals surface area contributed by atoms with Crippen LogP contribution in [0.1, 0.15) is 10.4 Å². The number of nitrogens with one attached hydrogen (secondary N) is 1. The third-order valence-corrected chi connectivity index (χ3v) is 4.92. The van der Waals surface area contributed by atoms with Crippen LogP contribution in [0.15, 0.2) is 37.7 Å². The second kappa shape index (κ2) is 6.87. The van der Waals surface area contributed by atoms with Crippen LogP contribution in [-0.4, -0.2) is 5.91 Å². The number of carbonyl (C=O) groups excluding carboxylic acids is 1. The number of carbonyl (C=O) groups is 1. The summed E-state index contributed by atoms with van der Waals surface area (Å²) in [4.78, 5) is 12.3. The standard InChI is InChI=1S/C13H7Br3Cl2N2O/c14-6-3-7(15)12(8(16)4-6)20-13(21)5-1-9(17)11(19)10(18)2-5/h1-4H,19H2,(H,20,21). The van der Waals surface area contributed by atoms with Gasteiger partial charge in [-0.3, -0.25) is 4.79 Å². The van der Waals surface area contributed by atoms with Gasteiger partial charge in [-0.15, -0.1) is 0 Å². The van der Waals surface area contributed by atoms with Gasteiger partial charge in [0.1, 0.15) is 0 Å². The van der Waals surface area contributed by atoms with E-state index in [0.29, 0.717) is 11.3 Å². The van der Waals surface area contributed by atoms with E-state index in [-0.39, 0.29) is 21.6 Å². The minimum absolute atomic E-state index is 0.238. The van der Waals surface area contributed by atoms with Gasteiger partial charge in [0.25, 0.3) is 5.91 Å². The Kier molecular flexibility index (Phi) is 5.59. The molecule has 21 heavy (non-hydrogen) atoms. The Morgan fingerprint density at radius 1 is 1.00 bits per heavy atom. The van der Waals surface area contributed by atoms with Crippen molar-refractivity contribution in [2.45, 2.75) is 0 Å². The Morgan fingerprint density at radius 2 is 1.48 bits per heavy atom. The molecule has 8 heteroatoms. The van der Waals surface area contributed by atoms with Crippen LogP contribution < -0.4 is 11.1 Å². The Hall–Kier alpha value is -0.270. The van der Waals surface area contributed by atoms with Crippen molar-refractivity contribution in [1.82, 2.24) is 0 Å². The summed E-state index contributed by atoms with van der Waals surface area (Å²) in [5.74, 6) is -0.345. The molecule has 0 saturated carbocycles. The lowest BCUT2D eigenvalue weighted by Crippen LogP contribution is -2.13. The van der Waals surface area contributed by atoms with Gasteiger partial charge < -0.3 is 11.1 Å². The fourth-order valence-electron chi connectivity index (χ4n) is 1.56. The van der Waals surface area contributed by atoms with E-state index in [9.17, 15) is 4.79 Å². The third kappa shape index (κ3) is 3.93. The molecule has 0 aromatic heterocycles. The summed E-state index contributed by atoms with van der Waals surface area (Å²) in [6.45, 7) is 0. The number of anilines is 2. The zero-order chi connectivity index (χ0) is 15.7. The maximum atomic E-state index is 12.3. The topological polar surface area (TPSA) is 55.1 Å². The number of hydrogen-bond donors (Lipinski definition) is 2. The average Bonchev–Trinajstić information content (AvgIpc) is 2.39. The van der Waals surface area contributed by atoms with E-state index in [0.717, 1.165) is 13.4 Å². The molecule has 110 valence electrons. The maximum Gasteiger partial charge on any atom is 0.255 e. The molecule has 0 aliphatic rings. The number of benzene rings is 2. The number of nitrogen functional groups attached to an aromatic ring is 1. The molecule has 0 spiro atoms. The highest BCUT2D eigenvalue weighted by Gasteiger charge is 2.15. The Balaban J connectivity index is 2.35. The quantitative estimate of drug-likeness (QED) is 0.472. The van der Waals surface area contributed by atoms with Gasteiger partial charge in [0.2, 0.25) is 0 Å². The molecular formula is C13H7Br3Cl2N2O. The van der Waals surface area contributed by atoms with Crippen LogP contribution in [0.2, 0.25) is 10.0 Å². The molecule has 0 unspecified atom stereocenters. The van der Waals surface area contributed by atoms with Gasteiger partial charge in [-0.1, -0.05) is 39.1 Å². The van der Waals surface area contributed by atoms with E-state index < -0.39 is 0 Å². The van der Waals surface area contributed by atoms with Crippen molar-refractivity contribution in [1.29, 1.82) is 0 Å². The van der Waals surface area contributed by atoms with Crippen LogP contribution in [0.3, 0.4) is 0 Å². The van der Waals surface area contributed by atoms with Gasteiger partial charge in [0, 0.05) is 19.0 Å². The van der Waals surface area contributed by atoms with Crippen molar-refractivity contribution in [3.05, 3.63) is 53.3 Å². The predicted octanol–water partition coefficient (Wildman–Crippen LogP) is 6.12. The van der Waals surface area contributed by atoms with Gasteiger partial charge >= 0.3 is 0 Å². The smallest absolute Gasteiger partial charge is 0.255 e. The van der Waals surface area contributed by atoms with Crippen molar-refractivity contribution >= 4 is 88.3 Å². The first-order valence-corrected chi connectivity index (χ1v) is 8.63. The first-order chi connectivity index (χ1) is 9.79. The molecule has 1 amide bonds. The molecule has 2 rings (SSSR count). The van der Waals surface area contributed by atoms with E-state index in [1.165, 1.54) is 12.1 Å². The largest absolute Gasteiger partial charge is 0.396 e. The lowest BCUT2D eigenvalue weighted by Gasteiger charge is -2.11. The first kappa shape index (κ1) is 17.1. The second-order valence-corrected chi connectivity index (χ2v) is 7.49. The number of nitrogens with two attached hydrogens (primary N) is 1. The van der Waals surface area contributed by atoms with E-state index in [2.05, 4.69) is 53.1 Å².